The van der Waals surface area contributed by atoms with Crippen LogP contribution in [-0.2, 0) is 0 Å². The van der Waals surface area contributed by atoms with Crippen LogP contribution in [0.5, 0.6) is 0 Å². The molecule has 0 amide bonds. The maximum Gasteiger partial charge on any atom is -0.0195 e. The van der Waals surface area contributed by atoms with Gasteiger partial charge in [-0.05, 0) is 30.6 Å². The van der Waals surface area contributed by atoms with E-state index in [1.165, 1.54) is 36.0 Å². The first-order valence-corrected chi connectivity index (χ1v) is 8.34. The van der Waals surface area contributed by atoms with Gasteiger partial charge in [-0.2, -0.15) is 0 Å². The largest absolute Gasteiger partial charge is 0.0622 e. The van der Waals surface area contributed by atoms with Crippen LogP contribution < -0.4 is 10.6 Å². The second-order valence-electron chi connectivity index (χ2n) is 5.08. The molecule has 3 rings (SSSR count). The number of benzene rings is 2. The molecule has 1 aliphatic rings. The molecule has 1 aliphatic carbocycles. The predicted octanol–water partition coefficient (Wildman–Crippen LogP) is 3.92. The zero-order valence-corrected chi connectivity index (χ0v) is 11.5. The number of hydrogen-bond acceptors (Lipinski definition) is 0. The predicted molar refractivity (Wildman–Crippen MR) is 81.3 cm³/mol. The molecule has 0 radical (unpaired) electrons. The summed E-state index contributed by atoms with van der Waals surface area (Å²) in [5.74, 6) is 0.969. The Morgan fingerprint density at radius 1 is 0.778 bits per heavy atom. The second kappa shape index (κ2) is 5.67. The van der Waals surface area contributed by atoms with Crippen LogP contribution in [0.15, 0.2) is 60.7 Å². The smallest absolute Gasteiger partial charge is 0.0195 e. The third-order valence-electron chi connectivity index (χ3n) is 3.80. The van der Waals surface area contributed by atoms with Gasteiger partial charge in [0.1, 0.15) is 0 Å². The van der Waals surface area contributed by atoms with E-state index in [1.807, 2.05) is 0 Å². The normalized spacial score (nSPS) is 15.6. The molecule has 1 fully saturated rings. The Morgan fingerprint density at radius 3 is 1.67 bits per heavy atom. The molecular weight excluding hydrogens is 235 g/mol. The van der Waals surface area contributed by atoms with E-state index in [2.05, 4.69) is 60.7 Å². The topological polar surface area (TPSA) is 0 Å². The van der Waals surface area contributed by atoms with Crippen molar-refractivity contribution in [1.29, 1.82) is 0 Å². The van der Waals surface area contributed by atoms with Crippen LogP contribution in [0.2, 0.25) is 0 Å². The standard InChI is InChI=1S/C17H19P/c1-3-10-16(11-4-1)18(14-15-8-7-9-15)17-12-5-2-6-13-17/h1-6,10-13,15H,7-9,14H2. The van der Waals surface area contributed by atoms with Crippen molar-refractivity contribution in [3.8, 4) is 0 Å². The highest BCUT2D eigenvalue weighted by atomic mass is 31.1. The van der Waals surface area contributed by atoms with Crippen molar-refractivity contribution in [3.05, 3.63) is 60.7 Å². The van der Waals surface area contributed by atoms with Crippen LogP contribution in [0.4, 0.5) is 0 Å². The molecule has 0 bridgehead atoms. The van der Waals surface area contributed by atoms with Crippen molar-refractivity contribution in [2.75, 3.05) is 6.16 Å². The van der Waals surface area contributed by atoms with Crippen molar-refractivity contribution in [2.45, 2.75) is 19.3 Å². The van der Waals surface area contributed by atoms with E-state index < -0.39 is 0 Å². The molecule has 0 aromatic heterocycles. The van der Waals surface area contributed by atoms with Gasteiger partial charge < -0.3 is 0 Å². The minimum Gasteiger partial charge on any atom is -0.0622 e. The third-order valence-corrected chi connectivity index (χ3v) is 6.53. The fourth-order valence-electron chi connectivity index (χ4n) is 2.51. The summed E-state index contributed by atoms with van der Waals surface area (Å²) >= 11 is 0. The van der Waals surface area contributed by atoms with Gasteiger partial charge >= 0.3 is 0 Å². The fraction of sp³-hybridized carbons (Fsp3) is 0.294. The molecule has 1 saturated carbocycles. The van der Waals surface area contributed by atoms with Gasteiger partial charge in [0.15, 0.2) is 0 Å². The van der Waals surface area contributed by atoms with Gasteiger partial charge in [-0.3, -0.25) is 0 Å². The Bertz CT molecular complexity index is 434. The van der Waals surface area contributed by atoms with Crippen LogP contribution in [0.1, 0.15) is 19.3 Å². The lowest BCUT2D eigenvalue weighted by Gasteiger charge is -2.30. The molecular formula is C17H19P. The highest BCUT2D eigenvalue weighted by Gasteiger charge is 2.23. The van der Waals surface area contributed by atoms with Crippen molar-refractivity contribution >= 4 is 18.5 Å². The molecule has 92 valence electrons. The summed E-state index contributed by atoms with van der Waals surface area (Å²) in [6, 6.07) is 22.1. The van der Waals surface area contributed by atoms with E-state index in [9.17, 15) is 0 Å². The molecule has 2 aromatic rings. The van der Waals surface area contributed by atoms with Gasteiger partial charge in [0.2, 0.25) is 0 Å². The third kappa shape index (κ3) is 2.65. The minimum atomic E-state index is -0.145. The van der Waals surface area contributed by atoms with E-state index in [-0.39, 0.29) is 7.92 Å². The first-order chi connectivity index (χ1) is 8.93. The summed E-state index contributed by atoms with van der Waals surface area (Å²) in [6.07, 6.45) is 5.71. The molecule has 0 heterocycles. The van der Waals surface area contributed by atoms with Crippen LogP contribution in [0.3, 0.4) is 0 Å². The lowest BCUT2D eigenvalue weighted by atomic mass is 9.87. The highest BCUT2D eigenvalue weighted by molar-refractivity contribution is 7.73. The van der Waals surface area contributed by atoms with E-state index in [0.29, 0.717) is 0 Å². The Morgan fingerprint density at radius 2 is 1.28 bits per heavy atom. The molecule has 0 N–H and O–H groups in total. The van der Waals surface area contributed by atoms with Crippen molar-refractivity contribution < 1.29 is 0 Å². The summed E-state index contributed by atoms with van der Waals surface area (Å²) in [5.41, 5.74) is 0. The lowest BCUT2D eigenvalue weighted by molar-refractivity contribution is 0.352. The van der Waals surface area contributed by atoms with Crippen LogP contribution in [0, 0.1) is 5.92 Å². The number of rotatable bonds is 4. The SMILES string of the molecule is c1ccc(P(CC2CCC2)c2ccccc2)cc1. The summed E-state index contributed by atoms with van der Waals surface area (Å²) in [6.45, 7) is 0. The summed E-state index contributed by atoms with van der Waals surface area (Å²) < 4.78 is 0. The Kier molecular flexibility index (Phi) is 3.76. The first-order valence-electron chi connectivity index (χ1n) is 6.81. The van der Waals surface area contributed by atoms with Gasteiger partial charge in [0.25, 0.3) is 0 Å². The molecule has 0 unspecified atom stereocenters. The first kappa shape index (κ1) is 11.9. The summed E-state index contributed by atoms with van der Waals surface area (Å²) in [4.78, 5) is 0. The van der Waals surface area contributed by atoms with E-state index >= 15 is 0 Å². The van der Waals surface area contributed by atoms with E-state index in [0.717, 1.165) is 5.92 Å². The van der Waals surface area contributed by atoms with Gasteiger partial charge in [0, 0.05) is 0 Å². The molecule has 2 aromatic carbocycles. The quantitative estimate of drug-likeness (QED) is 0.725. The van der Waals surface area contributed by atoms with Crippen LogP contribution >= 0.6 is 7.92 Å². The molecule has 0 atom stereocenters. The average Bonchev–Trinajstić information content (AvgIpc) is 2.40. The minimum absolute atomic E-state index is 0.145. The molecule has 0 spiro atoms. The average molecular weight is 254 g/mol. The molecule has 0 saturated heterocycles. The van der Waals surface area contributed by atoms with Crippen LogP contribution in [-0.4, -0.2) is 6.16 Å². The van der Waals surface area contributed by atoms with Crippen molar-refractivity contribution in [1.82, 2.24) is 0 Å². The van der Waals surface area contributed by atoms with Crippen molar-refractivity contribution in [2.24, 2.45) is 5.92 Å². The lowest BCUT2D eigenvalue weighted by Crippen LogP contribution is -2.22. The zero-order valence-electron chi connectivity index (χ0n) is 10.6. The fourth-order valence-corrected chi connectivity index (χ4v) is 5.17. The Balaban J connectivity index is 1.88. The summed E-state index contributed by atoms with van der Waals surface area (Å²) in [5, 5.41) is 3.07. The summed E-state index contributed by atoms with van der Waals surface area (Å²) in [7, 11) is -0.145. The van der Waals surface area contributed by atoms with Gasteiger partial charge in [-0.15, -0.1) is 0 Å². The van der Waals surface area contributed by atoms with Gasteiger partial charge in [0.05, 0.1) is 0 Å². The van der Waals surface area contributed by atoms with Crippen LogP contribution in [0.25, 0.3) is 0 Å². The molecule has 18 heavy (non-hydrogen) atoms. The Hall–Kier alpha value is -1.13. The van der Waals surface area contributed by atoms with Gasteiger partial charge in [-0.25, -0.2) is 0 Å². The van der Waals surface area contributed by atoms with Gasteiger partial charge in [-0.1, -0.05) is 79.9 Å². The van der Waals surface area contributed by atoms with E-state index in [4.69, 9.17) is 0 Å². The molecule has 0 aliphatic heterocycles. The maximum atomic E-state index is 2.30. The maximum absolute atomic E-state index is 2.30. The van der Waals surface area contributed by atoms with E-state index in [1.54, 1.807) is 0 Å². The number of hydrogen-bond donors (Lipinski definition) is 0. The monoisotopic (exact) mass is 254 g/mol. The van der Waals surface area contributed by atoms with Crippen molar-refractivity contribution in [3.63, 3.8) is 0 Å². The molecule has 0 nitrogen and oxygen atoms in total. The zero-order chi connectivity index (χ0) is 12.2. The second-order valence-corrected chi connectivity index (χ2v) is 7.33. The highest BCUT2D eigenvalue weighted by Crippen LogP contribution is 2.41. The molecule has 1 heteroatoms. The Labute approximate surface area is 111 Å².